The van der Waals surface area contributed by atoms with Crippen molar-refractivity contribution in [1.82, 2.24) is 9.07 Å². The maximum absolute atomic E-state index is 5.78. The number of imidazole rings is 1. The monoisotopic (exact) mass is 278 g/mol. The van der Waals surface area contributed by atoms with Crippen LogP contribution in [0.2, 0.25) is 0 Å². The summed E-state index contributed by atoms with van der Waals surface area (Å²) in [5.74, 6) is 0. The second kappa shape index (κ2) is 2.64. The van der Waals surface area contributed by atoms with Gasteiger partial charge in [0.05, 0.1) is 11.0 Å². The quantitative estimate of drug-likeness (QED) is 0.678. The number of halogens is 2. The van der Waals surface area contributed by atoms with Crippen molar-refractivity contribution >= 4 is 45.4 Å². The highest BCUT2D eigenvalue weighted by Gasteiger charge is 1.99. The van der Waals surface area contributed by atoms with Gasteiger partial charge in [-0.25, -0.2) is 9.07 Å². The van der Waals surface area contributed by atoms with Crippen LogP contribution in [0.3, 0.4) is 0 Å². The van der Waals surface area contributed by atoms with E-state index in [2.05, 4.69) is 27.6 Å². The molecule has 0 amide bonds. The van der Waals surface area contributed by atoms with E-state index in [0.29, 0.717) is 0 Å². The molecule has 1 aromatic carbocycles. The molecular weight excluding hydrogens is 274 g/mol. The molecular formula is C7H4ClIN2. The molecule has 0 saturated carbocycles. The van der Waals surface area contributed by atoms with Gasteiger partial charge in [-0.05, 0) is 40.8 Å². The van der Waals surface area contributed by atoms with E-state index in [0.717, 1.165) is 11.0 Å². The number of benzene rings is 1. The lowest BCUT2D eigenvalue weighted by Crippen LogP contribution is -1.75. The third kappa shape index (κ3) is 1.22. The van der Waals surface area contributed by atoms with Crippen molar-refractivity contribution in [2.75, 3.05) is 0 Å². The van der Waals surface area contributed by atoms with Crippen molar-refractivity contribution < 1.29 is 0 Å². The molecule has 1 heterocycles. The van der Waals surface area contributed by atoms with Crippen LogP contribution < -0.4 is 0 Å². The Morgan fingerprint density at radius 3 is 3.09 bits per heavy atom. The largest absolute Gasteiger partial charge is 0.241 e. The van der Waals surface area contributed by atoms with E-state index < -0.39 is 0 Å². The van der Waals surface area contributed by atoms with Crippen molar-refractivity contribution in [1.29, 1.82) is 0 Å². The lowest BCUT2D eigenvalue weighted by atomic mass is 10.3. The normalized spacial score (nSPS) is 10.7. The van der Waals surface area contributed by atoms with E-state index in [1.54, 1.807) is 6.33 Å². The molecule has 2 aromatic rings. The van der Waals surface area contributed by atoms with Crippen LogP contribution in [0.15, 0.2) is 24.5 Å². The van der Waals surface area contributed by atoms with Gasteiger partial charge >= 0.3 is 0 Å². The number of nitrogens with zero attached hydrogens (tertiary/aromatic N) is 2. The summed E-state index contributed by atoms with van der Waals surface area (Å²) in [4.78, 5) is 4.11. The molecule has 0 bridgehead atoms. The van der Waals surface area contributed by atoms with Crippen LogP contribution >= 0.6 is 34.4 Å². The van der Waals surface area contributed by atoms with E-state index in [9.17, 15) is 0 Å². The highest BCUT2D eigenvalue weighted by atomic mass is 127. The third-order valence-corrected chi connectivity index (χ3v) is 2.41. The Bertz CT molecular complexity index is 396. The summed E-state index contributed by atoms with van der Waals surface area (Å²) in [6.07, 6.45) is 1.60. The minimum atomic E-state index is 0.937. The van der Waals surface area contributed by atoms with Crippen LogP contribution in [-0.4, -0.2) is 9.07 Å². The summed E-state index contributed by atoms with van der Waals surface area (Å²) in [6, 6.07) is 5.95. The number of hydrogen-bond acceptors (Lipinski definition) is 1. The topological polar surface area (TPSA) is 17.8 Å². The minimum Gasteiger partial charge on any atom is -0.241 e. The van der Waals surface area contributed by atoms with Crippen LogP contribution in [0.5, 0.6) is 0 Å². The first-order valence-corrected chi connectivity index (χ1v) is 4.48. The number of rotatable bonds is 0. The summed E-state index contributed by atoms with van der Waals surface area (Å²) in [7, 11) is 0. The fraction of sp³-hybridized carbons (Fsp3) is 0. The fourth-order valence-electron chi connectivity index (χ4n) is 0.956. The molecule has 0 radical (unpaired) electrons. The standard InChI is InChI=1S/C7H4ClIN2/c8-11-4-10-6-3-5(9)1-2-7(6)11/h1-4H. The number of hydrogen-bond donors (Lipinski definition) is 0. The number of aromatic nitrogens is 2. The highest BCUT2D eigenvalue weighted by Crippen LogP contribution is 2.16. The minimum absolute atomic E-state index is 0.937. The van der Waals surface area contributed by atoms with Gasteiger partial charge in [0.1, 0.15) is 6.33 Å². The van der Waals surface area contributed by atoms with Gasteiger partial charge in [0.25, 0.3) is 0 Å². The molecule has 1 aromatic heterocycles. The Morgan fingerprint density at radius 1 is 1.45 bits per heavy atom. The van der Waals surface area contributed by atoms with Crippen LogP contribution in [0.4, 0.5) is 0 Å². The SMILES string of the molecule is Cln1cnc2cc(I)ccc21. The van der Waals surface area contributed by atoms with Crippen molar-refractivity contribution in [2.24, 2.45) is 0 Å². The van der Waals surface area contributed by atoms with Gasteiger partial charge in [-0.15, -0.1) is 0 Å². The Kier molecular flexibility index (Phi) is 1.77. The van der Waals surface area contributed by atoms with Gasteiger partial charge in [-0.2, -0.15) is 0 Å². The molecule has 0 aliphatic heterocycles. The molecule has 0 N–H and O–H groups in total. The van der Waals surface area contributed by atoms with Gasteiger partial charge in [-0.3, -0.25) is 0 Å². The average Bonchev–Trinajstić information content (AvgIpc) is 2.32. The molecule has 0 unspecified atom stereocenters. The molecule has 0 aliphatic rings. The van der Waals surface area contributed by atoms with Crippen LogP contribution in [-0.2, 0) is 0 Å². The Morgan fingerprint density at radius 2 is 2.27 bits per heavy atom. The van der Waals surface area contributed by atoms with Crippen molar-refractivity contribution in [3.05, 3.63) is 28.1 Å². The molecule has 11 heavy (non-hydrogen) atoms. The molecule has 0 aliphatic carbocycles. The average molecular weight is 278 g/mol. The first-order chi connectivity index (χ1) is 5.27. The zero-order valence-corrected chi connectivity index (χ0v) is 8.37. The number of fused-ring (bicyclic) bond motifs is 1. The van der Waals surface area contributed by atoms with Gasteiger partial charge in [-0.1, -0.05) is 0 Å². The van der Waals surface area contributed by atoms with E-state index in [4.69, 9.17) is 11.8 Å². The van der Waals surface area contributed by atoms with Crippen LogP contribution in [0.25, 0.3) is 11.0 Å². The molecule has 0 saturated heterocycles. The molecule has 2 nitrogen and oxygen atoms in total. The van der Waals surface area contributed by atoms with Crippen molar-refractivity contribution in [2.45, 2.75) is 0 Å². The van der Waals surface area contributed by atoms with Gasteiger partial charge in [0.2, 0.25) is 0 Å². The summed E-state index contributed by atoms with van der Waals surface area (Å²) in [5, 5.41) is 0. The Balaban J connectivity index is 2.86. The van der Waals surface area contributed by atoms with Gasteiger partial charge in [0.15, 0.2) is 0 Å². The van der Waals surface area contributed by atoms with Crippen LogP contribution in [0, 0.1) is 3.57 Å². The fourth-order valence-corrected chi connectivity index (χ4v) is 1.62. The Hall–Kier alpha value is -0.290. The van der Waals surface area contributed by atoms with Crippen molar-refractivity contribution in [3.63, 3.8) is 0 Å². The Labute approximate surface area is 82.4 Å². The van der Waals surface area contributed by atoms with Gasteiger partial charge in [0, 0.05) is 15.3 Å². The molecule has 0 spiro atoms. The molecule has 0 fully saturated rings. The summed E-state index contributed by atoms with van der Waals surface area (Å²) in [5.41, 5.74) is 1.89. The highest BCUT2D eigenvalue weighted by molar-refractivity contribution is 14.1. The lowest BCUT2D eigenvalue weighted by Gasteiger charge is -1.90. The molecule has 2 rings (SSSR count). The summed E-state index contributed by atoms with van der Waals surface area (Å²) >= 11 is 8.02. The maximum Gasteiger partial charge on any atom is 0.111 e. The second-order valence-corrected chi connectivity index (χ2v) is 3.80. The van der Waals surface area contributed by atoms with Crippen LogP contribution in [0.1, 0.15) is 0 Å². The maximum atomic E-state index is 5.78. The van der Waals surface area contributed by atoms with E-state index in [1.807, 2.05) is 18.2 Å². The molecule has 0 atom stereocenters. The molecule has 4 heteroatoms. The third-order valence-electron chi connectivity index (χ3n) is 1.47. The summed E-state index contributed by atoms with van der Waals surface area (Å²) in [6.45, 7) is 0. The van der Waals surface area contributed by atoms with Gasteiger partial charge < -0.3 is 0 Å². The predicted molar refractivity (Wildman–Crippen MR) is 53.7 cm³/mol. The second-order valence-electron chi connectivity index (χ2n) is 2.19. The zero-order valence-electron chi connectivity index (χ0n) is 5.46. The van der Waals surface area contributed by atoms with E-state index in [1.165, 1.54) is 7.66 Å². The van der Waals surface area contributed by atoms with E-state index in [-0.39, 0.29) is 0 Å². The zero-order chi connectivity index (χ0) is 7.84. The smallest absolute Gasteiger partial charge is 0.111 e. The van der Waals surface area contributed by atoms with E-state index >= 15 is 0 Å². The summed E-state index contributed by atoms with van der Waals surface area (Å²) < 4.78 is 2.66. The van der Waals surface area contributed by atoms with Crippen molar-refractivity contribution in [3.8, 4) is 0 Å². The molecule has 56 valence electrons. The first kappa shape index (κ1) is 7.36. The predicted octanol–water partition coefficient (Wildman–Crippen LogP) is 2.64. The first-order valence-electron chi connectivity index (χ1n) is 3.06. The lowest BCUT2D eigenvalue weighted by molar-refractivity contribution is 1.25.